The fourth-order valence-corrected chi connectivity index (χ4v) is 2.65. The highest BCUT2D eigenvalue weighted by Crippen LogP contribution is 2.26. The summed E-state index contributed by atoms with van der Waals surface area (Å²) >= 11 is 0. The summed E-state index contributed by atoms with van der Waals surface area (Å²) in [4.78, 5) is 13.7. The first-order valence-electron chi connectivity index (χ1n) is 7.39. The fraction of sp³-hybridized carbons (Fsp3) is 0.278. The predicted octanol–water partition coefficient (Wildman–Crippen LogP) is 3.78. The van der Waals surface area contributed by atoms with E-state index in [1.54, 1.807) is 11.0 Å². The standard InChI is InChI=1S/C18H18FNO2/c1-13-9-18(21)20(11-13)16-5-7-17(8-6-16)22-12-14-3-2-4-15(19)10-14/h2-8,10,13H,9,11-12H2,1H3/t13-/m0/s1. The molecule has 0 N–H and O–H groups in total. The zero-order valence-electron chi connectivity index (χ0n) is 12.5. The SMILES string of the molecule is C[C@H]1CC(=O)N(c2ccc(OCc3cccc(F)c3)cc2)C1. The summed E-state index contributed by atoms with van der Waals surface area (Å²) in [5.74, 6) is 1.00. The van der Waals surface area contributed by atoms with E-state index in [-0.39, 0.29) is 11.7 Å². The second kappa shape index (κ2) is 6.18. The van der Waals surface area contributed by atoms with Gasteiger partial charge < -0.3 is 9.64 Å². The molecule has 114 valence electrons. The van der Waals surface area contributed by atoms with Crippen LogP contribution in [0.25, 0.3) is 0 Å². The number of halogens is 1. The monoisotopic (exact) mass is 299 g/mol. The second-order valence-corrected chi connectivity index (χ2v) is 5.73. The lowest BCUT2D eigenvalue weighted by Gasteiger charge is -2.16. The smallest absolute Gasteiger partial charge is 0.227 e. The first-order valence-corrected chi connectivity index (χ1v) is 7.39. The number of nitrogens with zero attached hydrogens (tertiary/aromatic N) is 1. The van der Waals surface area contributed by atoms with E-state index in [0.29, 0.717) is 24.7 Å². The van der Waals surface area contributed by atoms with Crippen molar-refractivity contribution < 1.29 is 13.9 Å². The first-order chi connectivity index (χ1) is 10.6. The van der Waals surface area contributed by atoms with Crippen molar-refractivity contribution in [1.82, 2.24) is 0 Å². The van der Waals surface area contributed by atoms with Gasteiger partial charge in [0.1, 0.15) is 18.2 Å². The van der Waals surface area contributed by atoms with E-state index in [1.165, 1.54) is 12.1 Å². The van der Waals surface area contributed by atoms with Crippen LogP contribution in [0.3, 0.4) is 0 Å². The molecule has 22 heavy (non-hydrogen) atoms. The zero-order valence-corrected chi connectivity index (χ0v) is 12.5. The molecule has 0 bridgehead atoms. The second-order valence-electron chi connectivity index (χ2n) is 5.73. The number of ether oxygens (including phenoxy) is 1. The van der Waals surface area contributed by atoms with Crippen molar-refractivity contribution in [2.75, 3.05) is 11.4 Å². The highest BCUT2D eigenvalue weighted by molar-refractivity contribution is 5.95. The van der Waals surface area contributed by atoms with Crippen LogP contribution in [-0.2, 0) is 11.4 Å². The lowest BCUT2D eigenvalue weighted by molar-refractivity contribution is -0.117. The van der Waals surface area contributed by atoms with Gasteiger partial charge >= 0.3 is 0 Å². The lowest BCUT2D eigenvalue weighted by atomic mass is 10.2. The third-order valence-electron chi connectivity index (χ3n) is 3.76. The molecule has 2 aromatic carbocycles. The first kappa shape index (κ1) is 14.6. The normalized spacial score (nSPS) is 17.8. The number of benzene rings is 2. The summed E-state index contributed by atoms with van der Waals surface area (Å²) in [5.41, 5.74) is 1.68. The van der Waals surface area contributed by atoms with Gasteiger partial charge in [-0.15, -0.1) is 0 Å². The van der Waals surface area contributed by atoms with Crippen molar-refractivity contribution in [3.05, 3.63) is 59.9 Å². The fourth-order valence-electron chi connectivity index (χ4n) is 2.65. The molecule has 3 nitrogen and oxygen atoms in total. The number of amides is 1. The summed E-state index contributed by atoms with van der Waals surface area (Å²) in [6.45, 7) is 3.16. The molecule has 0 aliphatic carbocycles. The van der Waals surface area contributed by atoms with Gasteiger partial charge in [0.05, 0.1) is 0 Å². The molecular weight excluding hydrogens is 281 g/mol. The van der Waals surface area contributed by atoms with E-state index in [0.717, 1.165) is 17.8 Å². The molecule has 1 atom stereocenters. The Bertz CT molecular complexity index is 669. The lowest BCUT2D eigenvalue weighted by Crippen LogP contribution is -2.24. The van der Waals surface area contributed by atoms with Crippen LogP contribution in [0.5, 0.6) is 5.75 Å². The van der Waals surface area contributed by atoms with Crippen molar-refractivity contribution in [3.63, 3.8) is 0 Å². The van der Waals surface area contributed by atoms with Crippen molar-refractivity contribution in [3.8, 4) is 5.75 Å². The molecular formula is C18H18FNO2. The van der Waals surface area contributed by atoms with E-state index in [1.807, 2.05) is 30.3 Å². The van der Waals surface area contributed by atoms with E-state index in [4.69, 9.17) is 4.74 Å². The molecule has 2 aromatic rings. The van der Waals surface area contributed by atoms with E-state index >= 15 is 0 Å². The van der Waals surface area contributed by atoms with Gasteiger partial charge in [0.15, 0.2) is 0 Å². The van der Waals surface area contributed by atoms with E-state index in [9.17, 15) is 9.18 Å². The number of carbonyl (C=O) groups is 1. The van der Waals surface area contributed by atoms with Gasteiger partial charge in [0, 0.05) is 18.7 Å². The van der Waals surface area contributed by atoms with E-state index < -0.39 is 0 Å². The third kappa shape index (κ3) is 3.27. The van der Waals surface area contributed by atoms with Crippen molar-refractivity contribution in [2.24, 2.45) is 5.92 Å². The maximum atomic E-state index is 13.1. The number of rotatable bonds is 4. The predicted molar refractivity (Wildman–Crippen MR) is 83.3 cm³/mol. The van der Waals surface area contributed by atoms with Crippen LogP contribution in [-0.4, -0.2) is 12.5 Å². The molecule has 1 amide bonds. The zero-order chi connectivity index (χ0) is 15.5. The summed E-state index contributed by atoms with van der Waals surface area (Å²) in [5, 5.41) is 0. The minimum atomic E-state index is -0.266. The molecule has 1 aliphatic rings. The largest absolute Gasteiger partial charge is 0.489 e. The topological polar surface area (TPSA) is 29.5 Å². The highest BCUT2D eigenvalue weighted by Gasteiger charge is 2.27. The van der Waals surface area contributed by atoms with E-state index in [2.05, 4.69) is 6.92 Å². The van der Waals surface area contributed by atoms with Gasteiger partial charge in [-0.25, -0.2) is 4.39 Å². The summed E-state index contributed by atoms with van der Waals surface area (Å²) < 4.78 is 18.7. The summed E-state index contributed by atoms with van der Waals surface area (Å²) in [6, 6.07) is 13.8. The molecule has 0 aromatic heterocycles. The number of anilines is 1. The molecule has 3 rings (SSSR count). The van der Waals surface area contributed by atoms with Crippen LogP contribution in [0.4, 0.5) is 10.1 Å². The van der Waals surface area contributed by atoms with Crippen molar-refractivity contribution >= 4 is 11.6 Å². The minimum absolute atomic E-state index is 0.168. The molecule has 1 fully saturated rings. The molecule has 1 heterocycles. The molecule has 0 saturated carbocycles. The quantitative estimate of drug-likeness (QED) is 0.860. The Morgan fingerprint density at radius 1 is 1.23 bits per heavy atom. The van der Waals surface area contributed by atoms with Crippen LogP contribution >= 0.6 is 0 Å². The van der Waals surface area contributed by atoms with Crippen LogP contribution < -0.4 is 9.64 Å². The Morgan fingerprint density at radius 2 is 2.00 bits per heavy atom. The molecule has 0 radical (unpaired) electrons. The van der Waals surface area contributed by atoms with Gasteiger partial charge in [0.2, 0.25) is 5.91 Å². The molecule has 0 unspecified atom stereocenters. The Kier molecular flexibility index (Phi) is 4.09. The Labute approximate surface area is 129 Å². The van der Waals surface area contributed by atoms with Crippen LogP contribution in [0, 0.1) is 11.7 Å². The maximum Gasteiger partial charge on any atom is 0.227 e. The van der Waals surface area contributed by atoms with Gasteiger partial charge in [-0.3, -0.25) is 4.79 Å². The maximum absolute atomic E-state index is 13.1. The number of hydrogen-bond acceptors (Lipinski definition) is 2. The highest BCUT2D eigenvalue weighted by atomic mass is 19.1. The van der Waals surface area contributed by atoms with Gasteiger partial charge in [-0.2, -0.15) is 0 Å². The minimum Gasteiger partial charge on any atom is -0.489 e. The molecule has 1 saturated heterocycles. The molecule has 0 spiro atoms. The third-order valence-corrected chi connectivity index (χ3v) is 3.76. The Balaban J connectivity index is 1.63. The average Bonchev–Trinajstić information content (AvgIpc) is 2.84. The number of hydrogen-bond donors (Lipinski definition) is 0. The van der Waals surface area contributed by atoms with Crippen LogP contribution in [0.1, 0.15) is 18.9 Å². The number of carbonyl (C=O) groups excluding carboxylic acids is 1. The van der Waals surface area contributed by atoms with Crippen LogP contribution in [0.15, 0.2) is 48.5 Å². The average molecular weight is 299 g/mol. The van der Waals surface area contributed by atoms with Gasteiger partial charge in [-0.1, -0.05) is 19.1 Å². The molecule has 4 heteroatoms. The van der Waals surface area contributed by atoms with Gasteiger partial charge in [-0.05, 0) is 47.9 Å². The van der Waals surface area contributed by atoms with Gasteiger partial charge in [0.25, 0.3) is 0 Å². The molecule has 1 aliphatic heterocycles. The van der Waals surface area contributed by atoms with Crippen molar-refractivity contribution in [1.29, 1.82) is 0 Å². The Morgan fingerprint density at radius 3 is 2.64 bits per heavy atom. The Hall–Kier alpha value is -2.36. The summed E-state index contributed by atoms with van der Waals surface area (Å²) in [6.07, 6.45) is 0.609. The van der Waals surface area contributed by atoms with Crippen molar-refractivity contribution in [2.45, 2.75) is 20.0 Å². The van der Waals surface area contributed by atoms with Crippen LogP contribution in [0.2, 0.25) is 0 Å². The summed E-state index contributed by atoms with van der Waals surface area (Å²) in [7, 11) is 0.